The fourth-order valence-electron chi connectivity index (χ4n) is 2.00. The molecule has 0 unspecified atom stereocenters. The van der Waals surface area contributed by atoms with Gasteiger partial charge in [-0.25, -0.2) is 4.39 Å². The molecule has 5 heteroatoms. The molecule has 21 heavy (non-hydrogen) atoms. The van der Waals surface area contributed by atoms with Gasteiger partial charge in [-0.05, 0) is 30.8 Å². The second-order valence-corrected chi connectivity index (χ2v) is 4.92. The Morgan fingerprint density at radius 3 is 2.71 bits per heavy atom. The van der Waals surface area contributed by atoms with E-state index >= 15 is 0 Å². The predicted molar refractivity (Wildman–Crippen MR) is 81.5 cm³/mol. The first-order chi connectivity index (χ1) is 10.2. The fourth-order valence-corrected chi connectivity index (χ4v) is 2.12. The maximum Gasteiger partial charge on any atom is 0.166 e. The van der Waals surface area contributed by atoms with E-state index in [1.54, 1.807) is 13.2 Å². The molecule has 2 rings (SSSR count). The first-order valence-electron chi connectivity index (χ1n) is 6.53. The monoisotopic (exact) mass is 309 g/mol. The van der Waals surface area contributed by atoms with Crippen LogP contribution in [0.5, 0.6) is 11.5 Å². The molecule has 0 atom stereocenters. The van der Waals surface area contributed by atoms with E-state index in [1.807, 2.05) is 25.2 Å². The van der Waals surface area contributed by atoms with Gasteiger partial charge in [-0.15, -0.1) is 0 Å². The molecule has 0 aliphatic rings. The lowest BCUT2D eigenvalue weighted by Crippen LogP contribution is -2.08. The largest absolute Gasteiger partial charge is 0.493 e. The van der Waals surface area contributed by atoms with Crippen LogP contribution in [0, 0.1) is 5.82 Å². The van der Waals surface area contributed by atoms with Crippen molar-refractivity contribution in [2.75, 3.05) is 14.2 Å². The number of benzene rings is 2. The molecule has 0 aromatic heterocycles. The molecule has 0 amide bonds. The molecule has 0 spiro atoms. The van der Waals surface area contributed by atoms with E-state index in [0.717, 1.165) is 5.56 Å². The smallest absolute Gasteiger partial charge is 0.166 e. The summed E-state index contributed by atoms with van der Waals surface area (Å²) < 4.78 is 24.6. The van der Waals surface area contributed by atoms with Crippen LogP contribution in [0.3, 0.4) is 0 Å². The summed E-state index contributed by atoms with van der Waals surface area (Å²) in [4.78, 5) is 0. The van der Waals surface area contributed by atoms with Crippen LogP contribution < -0.4 is 14.8 Å². The number of nitrogens with one attached hydrogen (secondary N) is 1. The Labute approximate surface area is 128 Å². The summed E-state index contributed by atoms with van der Waals surface area (Å²) in [7, 11) is 3.45. The number of para-hydroxylation sites is 1. The van der Waals surface area contributed by atoms with Gasteiger partial charge in [-0.3, -0.25) is 0 Å². The molecule has 3 nitrogen and oxygen atoms in total. The van der Waals surface area contributed by atoms with Gasteiger partial charge in [0, 0.05) is 12.1 Å². The fraction of sp³-hybridized carbons (Fsp3) is 0.250. The molecule has 0 aliphatic carbocycles. The van der Waals surface area contributed by atoms with Crippen LogP contribution in [0.1, 0.15) is 11.1 Å². The molecule has 2 aromatic carbocycles. The first-order valence-corrected chi connectivity index (χ1v) is 6.90. The minimum Gasteiger partial charge on any atom is -0.493 e. The number of hydrogen-bond acceptors (Lipinski definition) is 3. The molecule has 0 saturated carbocycles. The van der Waals surface area contributed by atoms with Gasteiger partial charge in [0.25, 0.3) is 0 Å². The van der Waals surface area contributed by atoms with Crippen molar-refractivity contribution in [1.29, 1.82) is 0 Å². The average molecular weight is 310 g/mol. The zero-order valence-electron chi connectivity index (χ0n) is 12.0. The van der Waals surface area contributed by atoms with Gasteiger partial charge in [0.05, 0.1) is 12.1 Å². The molecular formula is C16H17ClFNO2. The average Bonchev–Trinajstić information content (AvgIpc) is 2.49. The predicted octanol–water partition coefficient (Wildman–Crippen LogP) is 3.79. The van der Waals surface area contributed by atoms with Crippen molar-refractivity contribution in [1.82, 2.24) is 5.32 Å². The number of methoxy groups -OCH3 is 1. The molecule has 0 heterocycles. The van der Waals surface area contributed by atoms with E-state index in [2.05, 4.69) is 5.32 Å². The van der Waals surface area contributed by atoms with Crippen LogP contribution in [0.15, 0.2) is 36.4 Å². The summed E-state index contributed by atoms with van der Waals surface area (Å²) in [6.07, 6.45) is 0. The normalized spacial score (nSPS) is 10.5. The highest BCUT2D eigenvalue weighted by Crippen LogP contribution is 2.32. The summed E-state index contributed by atoms with van der Waals surface area (Å²) in [5, 5.41) is 3.18. The molecule has 2 aromatic rings. The summed E-state index contributed by atoms with van der Waals surface area (Å²) in [5.41, 5.74) is 1.68. The molecule has 1 N–H and O–H groups in total. The Bertz CT molecular complexity index is 619. The molecule has 0 saturated heterocycles. The van der Waals surface area contributed by atoms with Crippen LogP contribution in [0.4, 0.5) is 4.39 Å². The SMILES string of the molecule is CNCc1cccc(OC)c1OCc1ccc(Cl)c(F)c1. The third-order valence-corrected chi connectivity index (χ3v) is 3.32. The second-order valence-electron chi connectivity index (χ2n) is 4.52. The van der Waals surface area contributed by atoms with E-state index < -0.39 is 5.82 Å². The summed E-state index contributed by atoms with van der Waals surface area (Å²) in [6, 6.07) is 10.3. The van der Waals surface area contributed by atoms with Gasteiger partial charge in [-0.1, -0.05) is 29.8 Å². The Morgan fingerprint density at radius 1 is 1.24 bits per heavy atom. The molecule has 112 valence electrons. The van der Waals surface area contributed by atoms with Crippen molar-refractivity contribution in [2.45, 2.75) is 13.2 Å². The van der Waals surface area contributed by atoms with E-state index in [-0.39, 0.29) is 11.6 Å². The van der Waals surface area contributed by atoms with Gasteiger partial charge in [0.15, 0.2) is 11.5 Å². The maximum atomic E-state index is 13.4. The van der Waals surface area contributed by atoms with E-state index in [4.69, 9.17) is 21.1 Å². The third kappa shape index (κ3) is 3.86. The maximum absolute atomic E-state index is 13.4. The third-order valence-electron chi connectivity index (χ3n) is 3.01. The van der Waals surface area contributed by atoms with E-state index in [1.165, 1.54) is 12.1 Å². The van der Waals surface area contributed by atoms with Gasteiger partial charge in [-0.2, -0.15) is 0 Å². The molecule has 0 aliphatic heterocycles. The van der Waals surface area contributed by atoms with Gasteiger partial charge < -0.3 is 14.8 Å². The Morgan fingerprint density at radius 2 is 2.05 bits per heavy atom. The Balaban J connectivity index is 2.20. The summed E-state index contributed by atoms with van der Waals surface area (Å²) in [6.45, 7) is 0.896. The number of rotatable bonds is 6. The molecular weight excluding hydrogens is 293 g/mol. The van der Waals surface area contributed by atoms with E-state index in [0.29, 0.717) is 23.6 Å². The second kappa shape index (κ2) is 7.29. The van der Waals surface area contributed by atoms with Gasteiger partial charge in [0.1, 0.15) is 12.4 Å². The highest BCUT2D eigenvalue weighted by molar-refractivity contribution is 6.30. The summed E-state index contributed by atoms with van der Waals surface area (Å²) in [5.74, 6) is 0.857. The zero-order valence-corrected chi connectivity index (χ0v) is 12.7. The molecule has 0 fully saturated rings. The Hall–Kier alpha value is -1.78. The Kier molecular flexibility index (Phi) is 5.42. The minimum absolute atomic E-state index is 0.104. The number of hydrogen-bond donors (Lipinski definition) is 1. The lowest BCUT2D eigenvalue weighted by atomic mass is 10.1. The van der Waals surface area contributed by atoms with Crippen molar-refractivity contribution >= 4 is 11.6 Å². The van der Waals surface area contributed by atoms with Crippen LogP contribution in [-0.2, 0) is 13.2 Å². The lowest BCUT2D eigenvalue weighted by Gasteiger charge is -2.15. The van der Waals surface area contributed by atoms with E-state index in [9.17, 15) is 4.39 Å². The molecule has 0 radical (unpaired) electrons. The summed E-state index contributed by atoms with van der Waals surface area (Å²) >= 11 is 5.67. The zero-order chi connectivity index (χ0) is 15.2. The van der Waals surface area contributed by atoms with Crippen LogP contribution in [0.25, 0.3) is 0 Å². The van der Waals surface area contributed by atoms with Crippen molar-refractivity contribution < 1.29 is 13.9 Å². The number of halogens is 2. The first kappa shape index (κ1) is 15.6. The van der Waals surface area contributed by atoms with Crippen molar-refractivity contribution in [2.24, 2.45) is 0 Å². The number of ether oxygens (including phenoxy) is 2. The van der Waals surface area contributed by atoms with Crippen molar-refractivity contribution in [3.05, 3.63) is 58.4 Å². The van der Waals surface area contributed by atoms with Gasteiger partial charge >= 0.3 is 0 Å². The van der Waals surface area contributed by atoms with Crippen molar-refractivity contribution in [3.63, 3.8) is 0 Å². The van der Waals surface area contributed by atoms with Crippen LogP contribution in [-0.4, -0.2) is 14.2 Å². The van der Waals surface area contributed by atoms with Crippen molar-refractivity contribution in [3.8, 4) is 11.5 Å². The topological polar surface area (TPSA) is 30.5 Å². The standard InChI is InChI=1S/C16H17ClFNO2/c1-19-9-12-4-3-5-15(20-2)16(12)21-10-11-6-7-13(17)14(18)8-11/h3-8,19H,9-10H2,1-2H3. The highest BCUT2D eigenvalue weighted by atomic mass is 35.5. The highest BCUT2D eigenvalue weighted by Gasteiger charge is 2.11. The van der Waals surface area contributed by atoms with Gasteiger partial charge in [0.2, 0.25) is 0 Å². The van der Waals surface area contributed by atoms with Crippen LogP contribution >= 0.6 is 11.6 Å². The van der Waals surface area contributed by atoms with Crippen LogP contribution in [0.2, 0.25) is 5.02 Å². The minimum atomic E-state index is -0.451. The quantitative estimate of drug-likeness (QED) is 0.880. The molecule has 0 bridgehead atoms. The lowest BCUT2D eigenvalue weighted by molar-refractivity contribution is 0.280.